The molecule has 0 saturated heterocycles. The topological polar surface area (TPSA) is 57.0 Å². The van der Waals surface area contributed by atoms with Crippen LogP contribution >= 0.6 is 11.6 Å². The molecule has 15 heavy (non-hydrogen) atoms. The van der Waals surface area contributed by atoms with Crippen molar-refractivity contribution in [2.24, 2.45) is 5.73 Å². The molecule has 2 heterocycles. The predicted molar refractivity (Wildman–Crippen MR) is 57.9 cm³/mol. The van der Waals surface area contributed by atoms with E-state index in [4.69, 9.17) is 21.8 Å². The third kappa shape index (κ3) is 1.91. The lowest BCUT2D eigenvalue weighted by Crippen LogP contribution is -2.20. The van der Waals surface area contributed by atoms with E-state index in [1.165, 1.54) is 0 Å². The van der Waals surface area contributed by atoms with E-state index in [-0.39, 0.29) is 6.04 Å². The van der Waals surface area contributed by atoms with Crippen LogP contribution in [0.2, 0.25) is 5.02 Å². The molecule has 0 fully saturated rings. The van der Waals surface area contributed by atoms with E-state index in [1.807, 2.05) is 19.1 Å². The molecule has 0 amide bonds. The number of nitrogens with two attached hydrogens (primary N) is 1. The molecule has 2 aromatic rings. The van der Waals surface area contributed by atoms with Crippen molar-refractivity contribution in [2.75, 3.05) is 6.54 Å². The number of furan rings is 1. The van der Waals surface area contributed by atoms with Gasteiger partial charge in [-0.2, -0.15) is 5.10 Å². The van der Waals surface area contributed by atoms with Crippen LogP contribution in [0.5, 0.6) is 0 Å². The maximum atomic E-state index is 5.94. The Hall–Kier alpha value is -1.26. The van der Waals surface area contributed by atoms with E-state index in [2.05, 4.69) is 5.10 Å². The Balaban J connectivity index is 2.35. The quantitative estimate of drug-likeness (QED) is 0.869. The second-order valence-electron chi connectivity index (χ2n) is 3.31. The van der Waals surface area contributed by atoms with Crippen molar-refractivity contribution >= 4 is 11.6 Å². The van der Waals surface area contributed by atoms with Crippen LogP contribution in [0.15, 0.2) is 29.0 Å². The first-order valence-electron chi connectivity index (χ1n) is 4.67. The Bertz CT molecular complexity index is 416. The van der Waals surface area contributed by atoms with Crippen LogP contribution in [0.3, 0.4) is 0 Å². The second-order valence-corrected chi connectivity index (χ2v) is 3.72. The monoisotopic (exact) mass is 225 g/mol. The van der Waals surface area contributed by atoms with Crippen LogP contribution in [0.1, 0.15) is 17.5 Å². The number of rotatable bonds is 3. The molecular weight excluding hydrogens is 214 g/mol. The van der Waals surface area contributed by atoms with Gasteiger partial charge in [0.15, 0.2) is 0 Å². The molecular formula is C10H12ClN3O. The normalized spacial score (nSPS) is 13.0. The van der Waals surface area contributed by atoms with Crippen molar-refractivity contribution < 1.29 is 4.42 Å². The van der Waals surface area contributed by atoms with Gasteiger partial charge in [-0.1, -0.05) is 11.6 Å². The van der Waals surface area contributed by atoms with Gasteiger partial charge in [-0.25, -0.2) is 0 Å². The van der Waals surface area contributed by atoms with Gasteiger partial charge < -0.3 is 10.2 Å². The van der Waals surface area contributed by atoms with Gasteiger partial charge in [-0.05, 0) is 19.1 Å². The van der Waals surface area contributed by atoms with E-state index < -0.39 is 0 Å². The molecule has 0 spiro atoms. The molecule has 80 valence electrons. The molecule has 0 aliphatic rings. The summed E-state index contributed by atoms with van der Waals surface area (Å²) in [6.07, 6.45) is 3.38. The SMILES string of the molecule is Cc1nn(C(CN)c2ccco2)cc1Cl. The highest BCUT2D eigenvalue weighted by Gasteiger charge is 2.16. The van der Waals surface area contributed by atoms with Gasteiger partial charge in [0, 0.05) is 12.7 Å². The molecule has 0 radical (unpaired) electrons. The van der Waals surface area contributed by atoms with Crippen molar-refractivity contribution in [1.82, 2.24) is 9.78 Å². The molecule has 0 bridgehead atoms. The molecule has 2 aromatic heterocycles. The Morgan fingerprint density at radius 3 is 2.93 bits per heavy atom. The van der Waals surface area contributed by atoms with Crippen molar-refractivity contribution in [2.45, 2.75) is 13.0 Å². The van der Waals surface area contributed by atoms with Crippen LogP contribution in [0.25, 0.3) is 0 Å². The summed E-state index contributed by atoms with van der Waals surface area (Å²) in [4.78, 5) is 0. The molecule has 0 saturated carbocycles. The number of nitrogens with zero attached hydrogens (tertiary/aromatic N) is 2. The van der Waals surface area contributed by atoms with Crippen LogP contribution in [-0.4, -0.2) is 16.3 Å². The van der Waals surface area contributed by atoms with Crippen LogP contribution in [0.4, 0.5) is 0 Å². The van der Waals surface area contributed by atoms with Gasteiger partial charge in [0.25, 0.3) is 0 Å². The zero-order valence-electron chi connectivity index (χ0n) is 8.35. The van der Waals surface area contributed by atoms with Crippen LogP contribution in [0, 0.1) is 6.92 Å². The molecule has 0 aromatic carbocycles. The minimum absolute atomic E-state index is 0.0915. The fourth-order valence-corrected chi connectivity index (χ4v) is 1.59. The lowest BCUT2D eigenvalue weighted by Gasteiger charge is -2.12. The van der Waals surface area contributed by atoms with Gasteiger partial charge in [0.2, 0.25) is 0 Å². The van der Waals surface area contributed by atoms with Gasteiger partial charge in [-0.15, -0.1) is 0 Å². The molecule has 1 unspecified atom stereocenters. The molecule has 2 rings (SSSR count). The molecule has 0 aliphatic carbocycles. The van der Waals surface area contributed by atoms with E-state index in [9.17, 15) is 0 Å². The maximum absolute atomic E-state index is 5.94. The Morgan fingerprint density at radius 1 is 1.67 bits per heavy atom. The average Bonchev–Trinajstić information content (AvgIpc) is 2.80. The second kappa shape index (κ2) is 4.08. The number of halogens is 1. The van der Waals surface area contributed by atoms with Crippen molar-refractivity contribution in [1.29, 1.82) is 0 Å². The van der Waals surface area contributed by atoms with Crippen molar-refractivity contribution in [3.8, 4) is 0 Å². The third-order valence-corrected chi connectivity index (χ3v) is 2.64. The van der Waals surface area contributed by atoms with Gasteiger partial charge >= 0.3 is 0 Å². The smallest absolute Gasteiger partial charge is 0.129 e. The summed E-state index contributed by atoms with van der Waals surface area (Å²) in [5.41, 5.74) is 6.48. The fourth-order valence-electron chi connectivity index (χ4n) is 1.45. The summed E-state index contributed by atoms with van der Waals surface area (Å²) in [5.74, 6) is 0.789. The van der Waals surface area contributed by atoms with E-state index >= 15 is 0 Å². The Labute approximate surface area is 92.6 Å². The van der Waals surface area contributed by atoms with Gasteiger partial charge in [0.05, 0.1) is 17.0 Å². The number of hydrogen-bond donors (Lipinski definition) is 1. The summed E-state index contributed by atoms with van der Waals surface area (Å²) in [6, 6.07) is 3.62. The first kappa shape index (κ1) is 10.3. The summed E-state index contributed by atoms with van der Waals surface area (Å²) < 4.78 is 7.04. The number of hydrogen-bond acceptors (Lipinski definition) is 3. The predicted octanol–water partition coefficient (Wildman–Crippen LogP) is 1.99. The van der Waals surface area contributed by atoms with E-state index in [0.29, 0.717) is 11.6 Å². The highest BCUT2D eigenvalue weighted by molar-refractivity contribution is 6.31. The third-order valence-electron chi connectivity index (χ3n) is 2.27. The lowest BCUT2D eigenvalue weighted by atomic mass is 10.2. The van der Waals surface area contributed by atoms with Gasteiger partial charge in [-0.3, -0.25) is 4.68 Å². The van der Waals surface area contributed by atoms with E-state index in [0.717, 1.165) is 11.5 Å². The highest BCUT2D eigenvalue weighted by atomic mass is 35.5. The average molecular weight is 226 g/mol. The Kier molecular flexibility index (Phi) is 2.79. The van der Waals surface area contributed by atoms with Crippen molar-refractivity contribution in [3.63, 3.8) is 0 Å². The highest BCUT2D eigenvalue weighted by Crippen LogP contribution is 2.21. The summed E-state index contributed by atoms with van der Waals surface area (Å²) in [7, 11) is 0. The maximum Gasteiger partial charge on any atom is 0.129 e. The summed E-state index contributed by atoms with van der Waals surface area (Å²) in [5, 5.41) is 4.92. The molecule has 0 aliphatic heterocycles. The molecule has 4 nitrogen and oxygen atoms in total. The Morgan fingerprint density at radius 2 is 2.47 bits per heavy atom. The first-order chi connectivity index (χ1) is 7.22. The number of aromatic nitrogens is 2. The van der Waals surface area contributed by atoms with Crippen LogP contribution in [-0.2, 0) is 0 Å². The minimum Gasteiger partial charge on any atom is -0.467 e. The zero-order chi connectivity index (χ0) is 10.8. The standard InChI is InChI=1S/C10H12ClN3O/c1-7-8(11)6-14(13-7)9(5-12)10-3-2-4-15-10/h2-4,6,9H,5,12H2,1H3. The largest absolute Gasteiger partial charge is 0.467 e. The molecule has 5 heteroatoms. The van der Waals surface area contributed by atoms with Crippen LogP contribution < -0.4 is 5.73 Å². The summed E-state index contributed by atoms with van der Waals surface area (Å²) in [6.45, 7) is 2.28. The summed E-state index contributed by atoms with van der Waals surface area (Å²) >= 11 is 5.94. The lowest BCUT2D eigenvalue weighted by molar-refractivity contribution is 0.409. The van der Waals surface area contributed by atoms with Crippen molar-refractivity contribution in [3.05, 3.63) is 41.1 Å². The van der Waals surface area contributed by atoms with E-state index in [1.54, 1.807) is 17.1 Å². The van der Waals surface area contributed by atoms with Gasteiger partial charge in [0.1, 0.15) is 11.8 Å². The number of aryl methyl sites for hydroxylation is 1. The zero-order valence-corrected chi connectivity index (χ0v) is 9.11. The molecule has 2 N–H and O–H groups in total. The molecule has 1 atom stereocenters. The fraction of sp³-hybridized carbons (Fsp3) is 0.300. The first-order valence-corrected chi connectivity index (χ1v) is 5.05. The minimum atomic E-state index is -0.0915.